The summed E-state index contributed by atoms with van der Waals surface area (Å²) in [5.74, 6) is -0.567. The molecule has 0 N–H and O–H groups in total. The summed E-state index contributed by atoms with van der Waals surface area (Å²) in [6.45, 7) is 0.644. The number of amides is 1. The lowest BCUT2D eigenvalue weighted by Crippen LogP contribution is -2.26. The molecule has 4 rings (SSSR count). The Bertz CT molecular complexity index is 992. The second kappa shape index (κ2) is 6.29. The first-order chi connectivity index (χ1) is 12.6. The maximum absolute atomic E-state index is 14.5. The van der Waals surface area contributed by atoms with Crippen LogP contribution in [0.5, 0.6) is 0 Å². The number of ether oxygens (including phenoxy) is 1. The van der Waals surface area contributed by atoms with Crippen LogP contribution in [0.2, 0.25) is 0 Å². The van der Waals surface area contributed by atoms with E-state index in [1.165, 1.54) is 40.3 Å². The van der Waals surface area contributed by atoms with Gasteiger partial charge in [-0.25, -0.2) is 18.5 Å². The lowest BCUT2D eigenvalue weighted by Gasteiger charge is -2.14. The van der Waals surface area contributed by atoms with Crippen molar-refractivity contribution in [2.45, 2.75) is 12.6 Å². The number of carbonyl (C=O) groups is 1. The van der Waals surface area contributed by atoms with Crippen molar-refractivity contribution in [3.8, 4) is 11.8 Å². The van der Waals surface area contributed by atoms with E-state index in [1.54, 1.807) is 16.9 Å². The second-order valence-corrected chi connectivity index (χ2v) is 5.66. The van der Waals surface area contributed by atoms with E-state index in [0.29, 0.717) is 17.8 Å². The third-order valence-electron chi connectivity index (χ3n) is 3.94. The van der Waals surface area contributed by atoms with E-state index in [4.69, 9.17) is 10.00 Å². The summed E-state index contributed by atoms with van der Waals surface area (Å²) in [6.07, 6.45) is 5.03. The molecule has 10 heteroatoms. The van der Waals surface area contributed by atoms with Gasteiger partial charge in [-0.2, -0.15) is 10.4 Å². The van der Waals surface area contributed by atoms with Crippen LogP contribution in [0.25, 0.3) is 5.69 Å². The molecule has 3 heterocycles. The molecule has 3 aromatic rings. The van der Waals surface area contributed by atoms with E-state index in [0.717, 1.165) is 0 Å². The van der Waals surface area contributed by atoms with Crippen LogP contribution in [-0.4, -0.2) is 43.5 Å². The van der Waals surface area contributed by atoms with E-state index < -0.39 is 18.0 Å². The summed E-state index contributed by atoms with van der Waals surface area (Å²) in [6, 6.07) is 6.27. The molecule has 26 heavy (non-hydrogen) atoms. The summed E-state index contributed by atoms with van der Waals surface area (Å²) in [4.78, 5) is 13.5. The normalized spacial score (nSPS) is 16.5. The van der Waals surface area contributed by atoms with Gasteiger partial charge in [-0.1, -0.05) is 5.21 Å². The zero-order valence-corrected chi connectivity index (χ0v) is 13.4. The predicted molar refractivity (Wildman–Crippen MR) is 85.9 cm³/mol. The Hall–Kier alpha value is -3.74. The van der Waals surface area contributed by atoms with E-state index in [1.807, 2.05) is 6.07 Å². The van der Waals surface area contributed by atoms with Crippen LogP contribution in [0, 0.1) is 17.1 Å². The average Bonchev–Trinajstić information content (AvgIpc) is 3.36. The van der Waals surface area contributed by atoms with Crippen molar-refractivity contribution in [1.82, 2.24) is 24.8 Å². The molecule has 1 saturated heterocycles. The van der Waals surface area contributed by atoms with Crippen LogP contribution in [0.15, 0.2) is 43.0 Å². The van der Waals surface area contributed by atoms with Gasteiger partial charge in [0.05, 0.1) is 36.7 Å². The highest BCUT2D eigenvalue weighted by molar-refractivity contribution is 5.89. The van der Waals surface area contributed by atoms with Gasteiger partial charge in [-0.15, -0.1) is 5.10 Å². The molecule has 1 atom stereocenters. The minimum absolute atomic E-state index is 0.182. The summed E-state index contributed by atoms with van der Waals surface area (Å²) < 4.78 is 22.6. The number of nitriles is 1. The van der Waals surface area contributed by atoms with Crippen molar-refractivity contribution >= 4 is 11.8 Å². The highest BCUT2D eigenvalue weighted by Gasteiger charge is 2.33. The monoisotopic (exact) mass is 353 g/mol. The van der Waals surface area contributed by atoms with Gasteiger partial charge in [0.2, 0.25) is 0 Å². The first-order valence-corrected chi connectivity index (χ1v) is 7.71. The van der Waals surface area contributed by atoms with Gasteiger partial charge in [0.25, 0.3) is 0 Å². The van der Waals surface area contributed by atoms with Gasteiger partial charge in [0.15, 0.2) is 5.82 Å². The molecule has 0 radical (unpaired) electrons. The van der Waals surface area contributed by atoms with Crippen molar-refractivity contribution < 1.29 is 13.9 Å². The third kappa shape index (κ3) is 2.86. The highest BCUT2D eigenvalue weighted by atomic mass is 19.1. The van der Waals surface area contributed by atoms with E-state index in [2.05, 4.69) is 15.4 Å². The van der Waals surface area contributed by atoms with Crippen LogP contribution in [0.4, 0.5) is 14.9 Å². The molecule has 9 nitrogen and oxygen atoms in total. The zero-order valence-electron chi connectivity index (χ0n) is 13.4. The number of anilines is 1. The smallest absolute Gasteiger partial charge is 0.414 e. The molecule has 0 spiro atoms. The molecule has 0 unspecified atom stereocenters. The molecule has 0 saturated carbocycles. The molecule has 1 aromatic carbocycles. The van der Waals surface area contributed by atoms with Gasteiger partial charge in [0.1, 0.15) is 17.9 Å². The molecular weight excluding hydrogens is 341 g/mol. The lowest BCUT2D eigenvalue weighted by atomic mass is 10.2. The van der Waals surface area contributed by atoms with Gasteiger partial charge in [0, 0.05) is 12.4 Å². The Morgan fingerprint density at radius 3 is 3.00 bits per heavy atom. The Kier molecular flexibility index (Phi) is 3.81. The zero-order chi connectivity index (χ0) is 18.1. The maximum Gasteiger partial charge on any atom is 0.414 e. The lowest BCUT2D eigenvalue weighted by molar-refractivity contribution is 0.129. The number of benzene rings is 1. The topological polar surface area (TPSA) is 102 Å². The van der Waals surface area contributed by atoms with Crippen LogP contribution >= 0.6 is 0 Å². The Morgan fingerprint density at radius 1 is 1.42 bits per heavy atom. The third-order valence-corrected chi connectivity index (χ3v) is 3.94. The number of rotatable bonds is 4. The second-order valence-electron chi connectivity index (χ2n) is 5.66. The van der Waals surface area contributed by atoms with Gasteiger partial charge in [-0.05, 0) is 18.2 Å². The Balaban J connectivity index is 1.53. The molecular formula is C16H12FN7O2. The van der Waals surface area contributed by atoms with Crippen molar-refractivity contribution in [3.05, 3.63) is 54.4 Å². The number of cyclic esters (lactones) is 1. The first kappa shape index (κ1) is 15.8. The number of nitrogens with zero attached hydrogens (tertiary/aromatic N) is 7. The number of hydrogen-bond donors (Lipinski definition) is 0. The summed E-state index contributed by atoms with van der Waals surface area (Å²) in [7, 11) is 0. The summed E-state index contributed by atoms with van der Waals surface area (Å²) >= 11 is 0. The quantitative estimate of drug-likeness (QED) is 0.704. The van der Waals surface area contributed by atoms with E-state index >= 15 is 0 Å². The number of hydrogen-bond acceptors (Lipinski definition) is 6. The number of halogens is 1. The molecule has 130 valence electrons. The van der Waals surface area contributed by atoms with Gasteiger partial charge < -0.3 is 4.74 Å². The maximum atomic E-state index is 14.5. The van der Waals surface area contributed by atoms with E-state index in [-0.39, 0.29) is 12.2 Å². The molecule has 1 aliphatic heterocycles. The minimum atomic E-state index is -0.567. The van der Waals surface area contributed by atoms with Crippen molar-refractivity contribution in [1.29, 1.82) is 5.26 Å². The molecule has 1 fully saturated rings. The van der Waals surface area contributed by atoms with Gasteiger partial charge >= 0.3 is 6.09 Å². The number of carbonyl (C=O) groups excluding carboxylic acids is 1. The van der Waals surface area contributed by atoms with Crippen molar-refractivity contribution in [3.63, 3.8) is 0 Å². The summed E-state index contributed by atoms with van der Waals surface area (Å²) in [5.41, 5.74) is 0.888. The fourth-order valence-electron chi connectivity index (χ4n) is 2.73. The Labute approximate surface area is 146 Å². The fraction of sp³-hybridized carbons (Fsp3) is 0.188. The van der Waals surface area contributed by atoms with Crippen LogP contribution in [-0.2, 0) is 11.3 Å². The minimum Gasteiger partial charge on any atom is -0.442 e. The van der Waals surface area contributed by atoms with Crippen molar-refractivity contribution in [2.24, 2.45) is 0 Å². The average molecular weight is 353 g/mol. The largest absolute Gasteiger partial charge is 0.442 e. The molecule has 1 aliphatic rings. The number of aromatic nitrogens is 5. The standard InChI is InChI=1S/C16H12FN7O2/c17-14-5-12(1-2-15(14)24-8-11(6-18)7-20-24)23-10-13(26-16(23)25)9-22-4-3-19-21-22/h1-5,7-8,13H,9-10H2/t13-/m0/s1. The molecule has 2 aromatic heterocycles. The molecule has 0 bridgehead atoms. The van der Waals surface area contributed by atoms with E-state index in [9.17, 15) is 9.18 Å². The molecule has 1 amide bonds. The van der Waals surface area contributed by atoms with Crippen LogP contribution in [0.3, 0.4) is 0 Å². The predicted octanol–water partition coefficient (Wildman–Crippen LogP) is 1.50. The van der Waals surface area contributed by atoms with Crippen molar-refractivity contribution in [2.75, 3.05) is 11.4 Å². The molecule has 0 aliphatic carbocycles. The SMILES string of the molecule is N#Cc1cnn(-c2ccc(N3C[C@H](Cn4ccnn4)OC3=O)cc2F)c1. The van der Waals surface area contributed by atoms with Gasteiger partial charge in [-0.3, -0.25) is 4.90 Å². The summed E-state index contributed by atoms with van der Waals surface area (Å²) in [5, 5.41) is 20.3. The Morgan fingerprint density at radius 2 is 2.31 bits per heavy atom. The fourth-order valence-corrected chi connectivity index (χ4v) is 2.73. The first-order valence-electron chi connectivity index (χ1n) is 7.71. The van der Waals surface area contributed by atoms with Crippen LogP contribution in [0.1, 0.15) is 5.56 Å². The van der Waals surface area contributed by atoms with Crippen LogP contribution < -0.4 is 4.90 Å². The highest BCUT2D eigenvalue weighted by Crippen LogP contribution is 2.25.